The first-order valence-corrected chi connectivity index (χ1v) is 7.56. The molecule has 0 saturated heterocycles. The molecule has 1 heterocycles. The van der Waals surface area contributed by atoms with Crippen molar-refractivity contribution in [3.8, 4) is 0 Å². The predicted molar refractivity (Wildman–Crippen MR) is 78.7 cm³/mol. The number of aromatic nitrogens is 3. The Bertz CT molecular complexity index is 707. The van der Waals surface area contributed by atoms with Crippen LogP contribution in [0.1, 0.15) is 5.56 Å². The van der Waals surface area contributed by atoms with Gasteiger partial charge in [0, 0.05) is 22.4 Å². The van der Waals surface area contributed by atoms with Gasteiger partial charge in [-0.1, -0.05) is 11.2 Å². The Kier molecular flexibility index (Phi) is 4.40. The van der Waals surface area contributed by atoms with Crippen molar-refractivity contribution in [3.05, 3.63) is 34.2 Å². The summed E-state index contributed by atoms with van der Waals surface area (Å²) >= 11 is 2.76. The molecule has 0 fully saturated rings. The third-order valence-corrected chi connectivity index (χ3v) is 4.50. The molecule has 0 saturated carbocycles. The van der Waals surface area contributed by atoms with E-state index in [9.17, 15) is 4.79 Å². The van der Waals surface area contributed by atoms with Gasteiger partial charge in [-0.3, -0.25) is 4.57 Å². The van der Waals surface area contributed by atoms with Crippen molar-refractivity contribution in [2.24, 2.45) is 17.9 Å². The number of oxime groups is 1. The molecule has 9 heteroatoms. The molecule has 1 aromatic carbocycles. The van der Waals surface area contributed by atoms with Gasteiger partial charge in [0.25, 0.3) is 0 Å². The van der Waals surface area contributed by atoms with Gasteiger partial charge >= 0.3 is 5.69 Å². The van der Waals surface area contributed by atoms with Crippen LogP contribution in [0, 0.1) is 0 Å². The summed E-state index contributed by atoms with van der Waals surface area (Å²) < 4.78 is 1.40. The highest BCUT2D eigenvalue weighted by Gasteiger charge is 2.16. The molecule has 0 unspecified atom stereocenters. The number of hydrogen-bond acceptors (Lipinski definition) is 6. The molecule has 0 radical (unpaired) electrons. The van der Waals surface area contributed by atoms with Gasteiger partial charge in [-0.25, -0.2) is 9.89 Å². The standard InChI is InChI=1S/C11H13N5O2S2/c1-16-10(17)13-14-11(16)20-7-5-3-4-6(19-2)8(7)9(12)15-18/h3-5,18H,1-2H3,(H2,12,15)(H,13,17). The van der Waals surface area contributed by atoms with Gasteiger partial charge < -0.3 is 10.9 Å². The molecule has 0 atom stereocenters. The van der Waals surface area contributed by atoms with Crippen molar-refractivity contribution in [3.63, 3.8) is 0 Å². The second-order valence-electron chi connectivity index (χ2n) is 3.79. The van der Waals surface area contributed by atoms with Gasteiger partial charge in [0.15, 0.2) is 11.0 Å². The van der Waals surface area contributed by atoms with Crippen molar-refractivity contribution in [1.82, 2.24) is 14.8 Å². The van der Waals surface area contributed by atoms with Crippen LogP contribution in [0.5, 0.6) is 0 Å². The Morgan fingerprint density at radius 1 is 1.50 bits per heavy atom. The fourth-order valence-electron chi connectivity index (χ4n) is 1.59. The molecule has 20 heavy (non-hydrogen) atoms. The Morgan fingerprint density at radius 3 is 2.75 bits per heavy atom. The molecule has 1 aromatic heterocycles. The van der Waals surface area contributed by atoms with Crippen molar-refractivity contribution in [1.29, 1.82) is 0 Å². The van der Waals surface area contributed by atoms with Crippen molar-refractivity contribution >= 4 is 29.4 Å². The number of thioether (sulfide) groups is 1. The number of nitrogens with one attached hydrogen (secondary N) is 1. The Labute approximate surface area is 123 Å². The van der Waals surface area contributed by atoms with E-state index in [4.69, 9.17) is 10.9 Å². The quantitative estimate of drug-likeness (QED) is 0.256. The lowest BCUT2D eigenvalue weighted by molar-refractivity contribution is 0.318. The monoisotopic (exact) mass is 311 g/mol. The van der Waals surface area contributed by atoms with E-state index in [0.717, 1.165) is 9.79 Å². The second-order valence-corrected chi connectivity index (χ2v) is 5.65. The molecular weight excluding hydrogens is 298 g/mol. The zero-order valence-electron chi connectivity index (χ0n) is 10.8. The molecule has 2 rings (SSSR count). The van der Waals surface area contributed by atoms with E-state index in [1.807, 2.05) is 24.5 Å². The molecule has 7 nitrogen and oxygen atoms in total. The molecule has 0 aliphatic heterocycles. The van der Waals surface area contributed by atoms with Crippen LogP contribution in [-0.2, 0) is 7.05 Å². The minimum atomic E-state index is -0.293. The molecule has 0 aliphatic rings. The highest BCUT2D eigenvalue weighted by molar-refractivity contribution is 7.99. The van der Waals surface area contributed by atoms with Gasteiger partial charge in [-0.15, -0.1) is 16.9 Å². The number of amidine groups is 1. The number of nitrogens with two attached hydrogens (primary N) is 1. The first-order chi connectivity index (χ1) is 9.58. The van der Waals surface area contributed by atoms with Crippen LogP contribution in [-0.4, -0.2) is 32.1 Å². The van der Waals surface area contributed by atoms with Gasteiger partial charge in [0.2, 0.25) is 0 Å². The summed E-state index contributed by atoms with van der Waals surface area (Å²) in [5.41, 5.74) is 6.08. The fourth-order valence-corrected chi connectivity index (χ4v) is 3.26. The Morgan fingerprint density at radius 2 is 2.20 bits per heavy atom. The lowest BCUT2D eigenvalue weighted by atomic mass is 10.2. The highest BCUT2D eigenvalue weighted by atomic mass is 32.2. The van der Waals surface area contributed by atoms with Gasteiger partial charge in [-0.2, -0.15) is 0 Å². The largest absolute Gasteiger partial charge is 0.409 e. The molecule has 4 N–H and O–H groups in total. The summed E-state index contributed by atoms with van der Waals surface area (Å²) in [6.07, 6.45) is 1.90. The van der Waals surface area contributed by atoms with Crippen LogP contribution in [0.15, 0.2) is 43.1 Å². The van der Waals surface area contributed by atoms with E-state index in [1.165, 1.54) is 28.1 Å². The van der Waals surface area contributed by atoms with Crippen LogP contribution in [0.2, 0.25) is 0 Å². The summed E-state index contributed by atoms with van der Waals surface area (Å²) in [5, 5.41) is 18.8. The summed E-state index contributed by atoms with van der Waals surface area (Å²) in [5.74, 6) is 0.0259. The molecule has 0 aliphatic carbocycles. The minimum Gasteiger partial charge on any atom is -0.409 e. The topological polar surface area (TPSA) is 109 Å². The molecule has 0 spiro atoms. The van der Waals surface area contributed by atoms with E-state index in [1.54, 1.807) is 7.05 Å². The van der Waals surface area contributed by atoms with Gasteiger partial charge in [0.1, 0.15) is 0 Å². The maximum atomic E-state index is 11.4. The summed E-state index contributed by atoms with van der Waals surface area (Å²) in [6.45, 7) is 0. The third kappa shape index (κ3) is 2.68. The number of H-pyrrole nitrogens is 1. The van der Waals surface area contributed by atoms with Gasteiger partial charge in [0.05, 0.1) is 0 Å². The Hall–Kier alpha value is -1.87. The van der Waals surface area contributed by atoms with Crippen molar-refractivity contribution < 1.29 is 5.21 Å². The van der Waals surface area contributed by atoms with Crippen LogP contribution in [0.3, 0.4) is 0 Å². The van der Waals surface area contributed by atoms with E-state index in [-0.39, 0.29) is 11.5 Å². The van der Waals surface area contributed by atoms with Crippen LogP contribution < -0.4 is 11.4 Å². The van der Waals surface area contributed by atoms with E-state index >= 15 is 0 Å². The third-order valence-electron chi connectivity index (χ3n) is 2.61. The van der Waals surface area contributed by atoms with Crippen LogP contribution in [0.4, 0.5) is 0 Å². The zero-order chi connectivity index (χ0) is 14.7. The minimum absolute atomic E-state index is 0.0259. The number of aromatic amines is 1. The lowest BCUT2D eigenvalue weighted by Crippen LogP contribution is -2.16. The summed E-state index contributed by atoms with van der Waals surface area (Å²) in [4.78, 5) is 13.0. The molecule has 106 valence electrons. The predicted octanol–water partition coefficient (Wildman–Crippen LogP) is 1.08. The van der Waals surface area contributed by atoms with Gasteiger partial charge in [-0.05, 0) is 30.2 Å². The summed E-state index contributed by atoms with van der Waals surface area (Å²) in [7, 11) is 1.62. The Balaban J connectivity index is 2.51. The summed E-state index contributed by atoms with van der Waals surface area (Å²) in [6, 6.07) is 5.58. The fraction of sp³-hybridized carbons (Fsp3) is 0.182. The van der Waals surface area contributed by atoms with E-state index in [0.29, 0.717) is 10.7 Å². The van der Waals surface area contributed by atoms with Crippen molar-refractivity contribution in [2.45, 2.75) is 14.9 Å². The van der Waals surface area contributed by atoms with E-state index in [2.05, 4.69) is 15.4 Å². The maximum Gasteiger partial charge on any atom is 0.343 e. The number of nitrogens with zero attached hydrogens (tertiary/aromatic N) is 3. The highest BCUT2D eigenvalue weighted by Crippen LogP contribution is 2.33. The molecular formula is C11H13N5O2S2. The molecule has 2 aromatic rings. The number of rotatable bonds is 4. The van der Waals surface area contributed by atoms with E-state index < -0.39 is 0 Å². The SMILES string of the molecule is CSc1cccc(Sc2n[nH]c(=O)n2C)c1/C(N)=N/O. The lowest BCUT2D eigenvalue weighted by Gasteiger charge is -2.11. The molecule has 0 amide bonds. The zero-order valence-corrected chi connectivity index (χ0v) is 12.5. The average Bonchev–Trinajstić information content (AvgIpc) is 2.78. The smallest absolute Gasteiger partial charge is 0.343 e. The molecule has 0 bridgehead atoms. The average molecular weight is 311 g/mol. The first-order valence-electron chi connectivity index (χ1n) is 5.52. The van der Waals surface area contributed by atoms with Crippen molar-refractivity contribution in [2.75, 3.05) is 6.26 Å². The number of benzene rings is 1. The van der Waals surface area contributed by atoms with Crippen LogP contribution in [0.25, 0.3) is 0 Å². The first kappa shape index (κ1) is 14.5. The maximum absolute atomic E-state index is 11.4. The van der Waals surface area contributed by atoms with Crippen LogP contribution >= 0.6 is 23.5 Å². The number of hydrogen-bond donors (Lipinski definition) is 3. The normalized spacial score (nSPS) is 11.8. The second kappa shape index (κ2) is 6.06.